The standard InChI is InChI=1S/C79H154O17P2/c1-5-9-13-17-20-23-26-29-32-35-36-37-39-42-45-48-51-54-58-62-66-79(84)96-75(70-90-77(82)64-60-56-52-49-46-43-41-38-33-30-27-24-21-18-14-10-6-2)72-94-98(87,88)92-68-73(80)67-91-97(85,86)93-71-74(69-89-76(81)63-59-55-16-12-8-4)95-78(83)65-61-57-53-50-47-44-40-34-31-28-25-22-19-15-11-7-3/h73-75,80H,5-72H2,1-4H3,(H,85,86)(H,87,88)/t73-,74+,75+/m0/s1. The molecule has 0 aliphatic rings. The summed E-state index contributed by atoms with van der Waals surface area (Å²) in [6.45, 7) is 4.93. The van der Waals surface area contributed by atoms with E-state index in [1.54, 1.807) is 0 Å². The number of carbonyl (C=O) groups is 4. The van der Waals surface area contributed by atoms with Gasteiger partial charge in [-0.3, -0.25) is 37.3 Å². The van der Waals surface area contributed by atoms with E-state index in [1.807, 2.05) is 0 Å². The van der Waals surface area contributed by atoms with Gasteiger partial charge in [0, 0.05) is 25.7 Å². The first kappa shape index (κ1) is 96.1. The number of esters is 4. The van der Waals surface area contributed by atoms with Gasteiger partial charge in [-0.05, 0) is 25.7 Å². The first-order valence-electron chi connectivity index (χ1n) is 41.3. The molecule has 0 spiro atoms. The number of phosphoric acid groups is 2. The molecule has 0 heterocycles. The fourth-order valence-corrected chi connectivity index (χ4v) is 13.9. The van der Waals surface area contributed by atoms with Gasteiger partial charge in [-0.25, -0.2) is 9.13 Å². The topological polar surface area (TPSA) is 237 Å². The molecule has 5 atom stereocenters. The molecule has 0 radical (unpaired) electrons. The Hall–Kier alpha value is -1.94. The van der Waals surface area contributed by atoms with E-state index in [2.05, 4.69) is 27.7 Å². The number of aliphatic hydroxyl groups is 1. The Morgan fingerprint density at radius 3 is 0.602 bits per heavy atom. The second-order valence-electron chi connectivity index (χ2n) is 28.5. The maximum Gasteiger partial charge on any atom is 0.472 e. The Balaban J connectivity index is 5.12. The summed E-state index contributed by atoms with van der Waals surface area (Å²) in [7, 11) is -9.90. The normalized spacial score (nSPS) is 13.8. The average Bonchev–Trinajstić information content (AvgIpc) is 1.06. The Bertz CT molecular complexity index is 1860. The van der Waals surface area contributed by atoms with E-state index < -0.39 is 97.5 Å². The number of ether oxygens (including phenoxy) is 4. The average molecular weight is 1440 g/mol. The van der Waals surface area contributed by atoms with E-state index in [0.29, 0.717) is 25.7 Å². The monoisotopic (exact) mass is 1440 g/mol. The van der Waals surface area contributed by atoms with Crippen molar-refractivity contribution in [1.29, 1.82) is 0 Å². The largest absolute Gasteiger partial charge is 0.472 e. The molecule has 98 heavy (non-hydrogen) atoms. The van der Waals surface area contributed by atoms with E-state index >= 15 is 0 Å². The third-order valence-corrected chi connectivity index (χ3v) is 20.5. The molecule has 0 aromatic rings. The van der Waals surface area contributed by atoms with Crippen molar-refractivity contribution >= 4 is 39.5 Å². The third-order valence-electron chi connectivity index (χ3n) is 18.6. The highest BCUT2D eigenvalue weighted by molar-refractivity contribution is 7.47. The minimum atomic E-state index is -4.96. The Morgan fingerprint density at radius 1 is 0.245 bits per heavy atom. The lowest BCUT2D eigenvalue weighted by atomic mass is 10.0. The summed E-state index contributed by atoms with van der Waals surface area (Å²) >= 11 is 0. The first-order chi connectivity index (χ1) is 47.7. The lowest BCUT2D eigenvalue weighted by Crippen LogP contribution is -2.30. The summed E-state index contributed by atoms with van der Waals surface area (Å²) in [5.41, 5.74) is 0. The van der Waals surface area contributed by atoms with Gasteiger partial charge in [-0.1, -0.05) is 374 Å². The van der Waals surface area contributed by atoms with Gasteiger partial charge >= 0.3 is 39.5 Å². The van der Waals surface area contributed by atoms with Gasteiger partial charge in [0.05, 0.1) is 26.4 Å². The van der Waals surface area contributed by atoms with Crippen LogP contribution in [0.15, 0.2) is 0 Å². The molecule has 582 valence electrons. The Labute approximate surface area is 600 Å². The summed E-state index contributed by atoms with van der Waals surface area (Å²) in [5, 5.41) is 10.6. The van der Waals surface area contributed by atoms with E-state index in [-0.39, 0.29) is 25.7 Å². The van der Waals surface area contributed by atoms with Crippen molar-refractivity contribution in [3.8, 4) is 0 Å². The quantitative estimate of drug-likeness (QED) is 0.0222. The molecule has 17 nitrogen and oxygen atoms in total. The van der Waals surface area contributed by atoms with E-state index in [1.165, 1.54) is 250 Å². The van der Waals surface area contributed by atoms with Gasteiger partial charge < -0.3 is 33.8 Å². The van der Waals surface area contributed by atoms with Gasteiger partial charge in [0.25, 0.3) is 0 Å². The van der Waals surface area contributed by atoms with Crippen LogP contribution in [-0.4, -0.2) is 96.7 Å². The Kier molecular flexibility index (Phi) is 71.9. The number of hydrogen-bond acceptors (Lipinski definition) is 15. The van der Waals surface area contributed by atoms with Crippen LogP contribution < -0.4 is 0 Å². The smallest absolute Gasteiger partial charge is 0.462 e. The zero-order valence-electron chi connectivity index (χ0n) is 63.8. The molecular formula is C79H154O17P2. The fourth-order valence-electron chi connectivity index (χ4n) is 12.3. The summed E-state index contributed by atoms with van der Waals surface area (Å²) in [5.74, 6) is -2.12. The van der Waals surface area contributed by atoms with Crippen LogP contribution in [0.25, 0.3) is 0 Å². The van der Waals surface area contributed by atoms with Gasteiger partial charge in [0.15, 0.2) is 12.2 Å². The third kappa shape index (κ3) is 72.4. The molecular weight excluding hydrogens is 1280 g/mol. The van der Waals surface area contributed by atoms with Crippen LogP contribution in [0.2, 0.25) is 0 Å². The lowest BCUT2D eigenvalue weighted by Gasteiger charge is -2.21. The summed E-state index contributed by atoms with van der Waals surface area (Å²) < 4.78 is 68.4. The van der Waals surface area contributed by atoms with E-state index in [9.17, 15) is 43.2 Å². The van der Waals surface area contributed by atoms with Gasteiger partial charge in [0.2, 0.25) is 0 Å². The molecule has 0 bridgehead atoms. The van der Waals surface area contributed by atoms with Crippen molar-refractivity contribution in [2.24, 2.45) is 0 Å². The van der Waals surface area contributed by atoms with Crippen LogP contribution in [-0.2, 0) is 65.4 Å². The molecule has 0 saturated heterocycles. The molecule has 0 aliphatic carbocycles. The molecule has 0 aromatic carbocycles. The molecule has 0 aromatic heterocycles. The highest BCUT2D eigenvalue weighted by Gasteiger charge is 2.30. The lowest BCUT2D eigenvalue weighted by molar-refractivity contribution is -0.161. The number of carbonyl (C=O) groups excluding carboxylic acids is 4. The zero-order chi connectivity index (χ0) is 71.8. The number of aliphatic hydroxyl groups excluding tert-OH is 1. The minimum Gasteiger partial charge on any atom is -0.462 e. The van der Waals surface area contributed by atoms with Crippen LogP contribution in [0.3, 0.4) is 0 Å². The van der Waals surface area contributed by atoms with Crippen LogP contribution in [0.1, 0.15) is 426 Å². The number of rotatable bonds is 80. The van der Waals surface area contributed by atoms with Crippen molar-refractivity contribution in [2.75, 3.05) is 39.6 Å². The minimum absolute atomic E-state index is 0.108. The van der Waals surface area contributed by atoms with Crippen LogP contribution >= 0.6 is 15.6 Å². The van der Waals surface area contributed by atoms with Gasteiger partial charge in [-0.15, -0.1) is 0 Å². The molecule has 2 unspecified atom stereocenters. The van der Waals surface area contributed by atoms with Crippen molar-refractivity contribution in [2.45, 2.75) is 444 Å². The number of hydrogen-bond donors (Lipinski definition) is 3. The van der Waals surface area contributed by atoms with Gasteiger partial charge in [-0.2, -0.15) is 0 Å². The predicted octanol–water partition coefficient (Wildman–Crippen LogP) is 23.8. The predicted molar refractivity (Wildman–Crippen MR) is 400 cm³/mol. The molecule has 0 aliphatic heterocycles. The second-order valence-corrected chi connectivity index (χ2v) is 31.4. The van der Waals surface area contributed by atoms with E-state index in [0.717, 1.165) is 96.3 Å². The van der Waals surface area contributed by atoms with Crippen molar-refractivity contribution in [1.82, 2.24) is 0 Å². The highest BCUT2D eigenvalue weighted by Crippen LogP contribution is 2.45. The zero-order valence-corrected chi connectivity index (χ0v) is 65.6. The highest BCUT2D eigenvalue weighted by atomic mass is 31.2. The van der Waals surface area contributed by atoms with Crippen LogP contribution in [0.5, 0.6) is 0 Å². The molecule has 0 rings (SSSR count). The van der Waals surface area contributed by atoms with Crippen LogP contribution in [0, 0.1) is 0 Å². The number of unbranched alkanes of at least 4 members (excludes halogenated alkanes) is 54. The summed E-state index contributed by atoms with van der Waals surface area (Å²) in [4.78, 5) is 72.7. The van der Waals surface area contributed by atoms with E-state index in [4.69, 9.17) is 37.0 Å². The van der Waals surface area contributed by atoms with Gasteiger partial charge in [0.1, 0.15) is 19.3 Å². The molecule has 0 fully saturated rings. The maximum atomic E-state index is 13.1. The van der Waals surface area contributed by atoms with Crippen molar-refractivity contribution in [3.63, 3.8) is 0 Å². The summed E-state index contributed by atoms with van der Waals surface area (Å²) in [6, 6.07) is 0. The first-order valence-corrected chi connectivity index (χ1v) is 44.3. The van der Waals surface area contributed by atoms with Crippen molar-refractivity contribution < 1.29 is 80.2 Å². The fraction of sp³-hybridized carbons (Fsp3) is 0.949. The Morgan fingerprint density at radius 2 is 0.408 bits per heavy atom. The molecule has 19 heteroatoms. The SMILES string of the molecule is CCCCCCCCCCCCCCCCCCCCCCC(=O)O[C@H](COC(=O)CCCCCCCCCCCCCCCCCCC)COP(=O)(O)OC[C@@H](O)COP(=O)(O)OC[C@@H](COC(=O)CCCCCCC)OC(=O)CCCCCCCCCCCCCCCCCC. The summed E-state index contributed by atoms with van der Waals surface area (Å²) in [6.07, 6.45) is 65.7. The molecule has 3 N–H and O–H groups in total. The van der Waals surface area contributed by atoms with Crippen LogP contribution in [0.4, 0.5) is 0 Å². The second kappa shape index (κ2) is 73.4. The molecule has 0 amide bonds. The molecule has 0 saturated carbocycles. The van der Waals surface area contributed by atoms with Crippen molar-refractivity contribution in [3.05, 3.63) is 0 Å². The maximum absolute atomic E-state index is 13.1. The number of phosphoric ester groups is 2.